The summed E-state index contributed by atoms with van der Waals surface area (Å²) in [5.41, 5.74) is 4.10. The molecule has 4 aromatic rings. The molecule has 0 bridgehead atoms. The summed E-state index contributed by atoms with van der Waals surface area (Å²) >= 11 is 5.86. The molecule has 2 N–H and O–H groups in total. The Kier molecular flexibility index (Phi) is 9.32. The van der Waals surface area contributed by atoms with Crippen LogP contribution in [0.15, 0.2) is 108 Å². The van der Waals surface area contributed by atoms with Crippen molar-refractivity contribution in [2.75, 3.05) is 5.32 Å². The Labute approximate surface area is 239 Å². The Morgan fingerprint density at radius 2 is 1.54 bits per heavy atom. The SMILES string of the molecule is O=C(/C=C/c1ccc(Cl)cc1)Oc1ccc([N+](=O)[O-])cc1/C=N/NC(=O)c1ccc(NC(=O)c2ccccc2)cc1. The van der Waals surface area contributed by atoms with Crippen molar-refractivity contribution < 1.29 is 24.0 Å². The quantitative estimate of drug-likeness (QED) is 0.0645. The number of nitro groups is 1. The molecule has 0 radical (unpaired) electrons. The van der Waals surface area contributed by atoms with Gasteiger partial charge >= 0.3 is 5.97 Å². The van der Waals surface area contributed by atoms with Crippen LogP contribution >= 0.6 is 11.6 Å². The van der Waals surface area contributed by atoms with Crippen molar-refractivity contribution in [1.29, 1.82) is 0 Å². The van der Waals surface area contributed by atoms with Crippen LogP contribution in [-0.2, 0) is 4.79 Å². The second kappa shape index (κ2) is 13.5. The summed E-state index contributed by atoms with van der Waals surface area (Å²) < 4.78 is 5.33. The lowest BCUT2D eigenvalue weighted by molar-refractivity contribution is -0.384. The van der Waals surface area contributed by atoms with E-state index in [2.05, 4.69) is 15.8 Å². The van der Waals surface area contributed by atoms with Gasteiger partial charge in [0.15, 0.2) is 0 Å². The van der Waals surface area contributed by atoms with Crippen LogP contribution in [0.1, 0.15) is 31.8 Å². The molecule has 0 aliphatic rings. The summed E-state index contributed by atoms with van der Waals surface area (Å²) in [6.07, 6.45) is 3.85. The maximum absolute atomic E-state index is 12.5. The van der Waals surface area contributed by atoms with Crippen LogP contribution in [0.5, 0.6) is 5.75 Å². The molecule has 2 amide bonds. The smallest absolute Gasteiger partial charge is 0.336 e. The fraction of sp³-hybridized carbons (Fsp3) is 0. The Morgan fingerprint density at radius 1 is 0.854 bits per heavy atom. The van der Waals surface area contributed by atoms with Gasteiger partial charge in [0.25, 0.3) is 17.5 Å². The molecule has 0 saturated carbocycles. The molecule has 0 atom stereocenters. The molecule has 204 valence electrons. The number of carbonyl (C=O) groups is 3. The number of hydrogen-bond donors (Lipinski definition) is 2. The second-order valence-corrected chi connectivity index (χ2v) is 8.82. The van der Waals surface area contributed by atoms with Crippen molar-refractivity contribution in [1.82, 2.24) is 5.43 Å². The molecule has 0 aromatic heterocycles. The number of carbonyl (C=O) groups excluding carboxylic acids is 3. The normalized spacial score (nSPS) is 10.9. The molecule has 0 spiro atoms. The van der Waals surface area contributed by atoms with Crippen molar-refractivity contribution in [3.05, 3.63) is 141 Å². The van der Waals surface area contributed by atoms with Gasteiger partial charge in [-0.2, -0.15) is 5.10 Å². The number of anilines is 1. The largest absolute Gasteiger partial charge is 0.423 e. The number of ether oxygens (including phenoxy) is 1. The van der Waals surface area contributed by atoms with Crippen LogP contribution in [0.4, 0.5) is 11.4 Å². The van der Waals surface area contributed by atoms with Crippen molar-refractivity contribution in [3.8, 4) is 5.75 Å². The third-order valence-electron chi connectivity index (χ3n) is 5.51. The predicted molar refractivity (Wildman–Crippen MR) is 155 cm³/mol. The first kappa shape index (κ1) is 28.4. The molecule has 0 aliphatic heterocycles. The zero-order valence-electron chi connectivity index (χ0n) is 21.2. The molecule has 10 nitrogen and oxygen atoms in total. The first-order valence-corrected chi connectivity index (χ1v) is 12.4. The van der Waals surface area contributed by atoms with Crippen molar-refractivity contribution in [2.24, 2.45) is 5.10 Å². The van der Waals surface area contributed by atoms with E-state index in [1.54, 1.807) is 66.7 Å². The third kappa shape index (κ3) is 8.19. The lowest BCUT2D eigenvalue weighted by atomic mass is 10.1. The van der Waals surface area contributed by atoms with Gasteiger partial charge in [0.05, 0.1) is 11.1 Å². The molecular weight excluding hydrogens is 548 g/mol. The maximum Gasteiger partial charge on any atom is 0.336 e. The molecule has 0 saturated heterocycles. The lowest BCUT2D eigenvalue weighted by Gasteiger charge is -2.07. The number of hydrogen-bond acceptors (Lipinski definition) is 7. The molecule has 11 heteroatoms. The van der Waals surface area contributed by atoms with E-state index < -0.39 is 16.8 Å². The van der Waals surface area contributed by atoms with Gasteiger partial charge in [-0.3, -0.25) is 19.7 Å². The average Bonchev–Trinajstić information content (AvgIpc) is 2.98. The predicted octanol–water partition coefficient (Wildman–Crippen LogP) is 5.88. The van der Waals surface area contributed by atoms with E-state index >= 15 is 0 Å². The topological polar surface area (TPSA) is 140 Å². The molecule has 4 aromatic carbocycles. The van der Waals surface area contributed by atoms with E-state index in [1.165, 1.54) is 36.4 Å². The number of nitrogens with zero attached hydrogens (tertiary/aromatic N) is 2. The van der Waals surface area contributed by atoms with Crippen molar-refractivity contribution >= 4 is 53.0 Å². The standard InChI is InChI=1S/C30H21ClN4O6/c31-24-11-6-20(7-12-24)8-17-28(36)41-27-16-15-26(35(39)40)18-23(27)19-32-34-30(38)22-9-13-25(14-10-22)33-29(37)21-4-2-1-3-5-21/h1-19H,(H,33,37)(H,34,38)/b17-8+,32-19+. The molecule has 0 aliphatic carbocycles. The fourth-order valence-electron chi connectivity index (χ4n) is 3.45. The van der Waals surface area contributed by atoms with Gasteiger partial charge in [-0.15, -0.1) is 0 Å². The third-order valence-corrected chi connectivity index (χ3v) is 5.76. The zero-order valence-corrected chi connectivity index (χ0v) is 21.9. The van der Waals surface area contributed by atoms with Crippen molar-refractivity contribution in [2.45, 2.75) is 0 Å². The number of hydrazone groups is 1. The average molecular weight is 569 g/mol. The summed E-state index contributed by atoms with van der Waals surface area (Å²) in [5.74, 6) is -1.59. The van der Waals surface area contributed by atoms with Crippen LogP contribution in [0.3, 0.4) is 0 Å². The van der Waals surface area contributed by atoms with Crippen LogP contribution < -0.4 is 15.5 Å². The number of nitrogens with one attached hydrogen (secondary N) is 2. The monoisotopic (exact) mass is 568 g/mol. The molecular formula is C30H21ClN4O6. The van der Waals surface area contributed by atoms with E-state index in [-0.39, 0.29) is 28.5 Å². The summed E-state index contributed by atoms with van der Waals surface area (Å²) in [6.45, 7) is 0. The molecule has 0 heterocycles. The minimum Gasteiger partial charge on any atom is -0.423 e. The second-order valence-electron chi connectivity index (χ2n) is 8.38. The molecule has 4 rings (SSSR count). The highest BCUT2D eigenvalue weighted by Crippen LogP contribution is 2.23. The summed E-state index contributed by atoms with van der Waals surface area (Å²) in [7, 11) is 0. The van der Waals surface area contributed by atoms with Gasteiger partial charge in [0, 0.05) is 45.6 Å². The molecule has 0 fully saturated rings. The van der Waals surface area contributed by atoms with E-state index in [9.17, 15) is 24.5 Å². The molecule has 0 unspecified atom stereocenters. The number of esters is 1. The molecule has 41 heavy (non-hydrogen) atoms. The van der Waals surface area contributed by atoms with Gasteiger partial charge in [-0.05, 0) is 66.2 Å². The highest BCUT2D eigenvalue weighted by molar-refractivity contribution is 6.30. The van der Waals surface area contributed by atoms with Crippen LogP contribution in [0.25, 0.3) is 6.08 Å². The zero-order chi connectivity index (χ0) is 29.2. The number of nitro benzene ring substituents is 1. The van der Waals surface area contributed by atoms with E-state index in [1.807, 2.05) is 0 Å². The highest BCUT2D eigenvalue weighted by atomic mass is 35.5. The number of rotatable bonds is 9. The lowest BCUT2D eigenvalue weighted by Crippen LogP contribution is -2.18. The number of benzene rings is 4. The van der Waals surface area contributed by atoms with Gasteiger partial charge in [-0.25, -0.2) is 10.2 Å². The van der Waals surface area contributed by atoms with E-state index in [4.69, 9.17) is 16.3 Å². The number of non-ortho nitro benzene ring substituents is 1. The Morgan fingerprint density at radius 3 is 2.22 bits per heavy atom. The van der Waals surface area contributed by atoms with E-state index in [0.717, 1.165) is 12.3 Å². The van der Waals surface area contributed by atoms with Gasteiger partial charge in [0.2, 0.25) is 0 Å². The summed E-state index contributed by atoms with van der Waals surface area (Å²) in [4.78, 5) is 47.8. The summed E-state index contributed by atoms with van der Waals surface area (Å²) in [6, 6.07) is 25.2. The van der Waals surface area contributed by atoms with Gasteiger partial charge in [0.1, 0.15) is 5.75 Å². The van der Waals surface area contributed by atoms with Crippen molar-refractivity contribution in [3.63, 3.8) is 0 Å². The Bertz CT molecular complexity index is 1640. The first-order valence-electron chi connectivity index (χ1n) is 12.0. The fourth-order valence-corrected chi connectivity index (χ4v) is 3.57. The number of halogens is 1. The first-order chi connectivity index (χ1) is 19.8. The minimum absolute atomic E-state index is 0.00198. The van der Waals surface area contributed by atoms with E-state index in [0.29, 0.717) is 21.8 Å². The van der Waals surface area contributed by atoms with Gasteiger partial charge < -0.3 is 10.1 Å². The van der Waals surface area contributed by atoms with Crippen LogP contribution in [0, 0.1) is 10.1 Å². The van der Waals surface area contributed by atoms with Crippen LogP contribution in [0.2, 0.25) is 5.02 Å². The maximum atomic E-state index is 12.5. The minimum atomic E-state index is -0.730. The Balaban J connectivity index is 1.41. The van der Waals surface area contributed by atoms with Gasteiger partial charge in [-0.1, -0.05) is 41.9 Å². The Hall–Kier alpha value is -5.61. The van der Waals surface area contributed by atoms with Crippen LogP contribution in [-0.4, -0.2) is 28.9 Å². The summed E-state index contributed by atoms with van der Waals surface area (Å²) in [5, 5.41) is 18.4. The number of amides is 2. The highest BCUT2D eigenvalue weighted by Gasteiger charge is 2.13.